The normalized spacial score (nSPS) is 19.7. The number of rotatable bonds is 7. The molecule has 1 aliphatic heterocycles. The minimum Gasteiger partial charge on any atom is -0.493 e. The van der Waals surface area contributed by atoms with Crippen LogP contribution in [-0.4, -0.2) is 43.2 Å². The molecule has 0 bridgehead atoms. The third-order valence-corrected chi connectivity index (χ3v) is 4.98. The van der Waals surface area contributed by atoms with Gasteiger partial charge in [-0.1, -0.05) is 37.3 Å². The van der Waals surface area contributed by atoms with Crippen molar-refractivity contribution in [1.29, 1.82) is 0 Å². The van der Waals surface area contributed by atoms with Crippen LogP contribution in [0.25, 0.3) is 0 Å². The van der Waals surface area contributed by atoms with Crippen molar-refractivity contribution in [3.8, 4) is 11.5 Å². The zero-order valence-corrected chi connectivity index (χ0v) is 15.8. The molecule has 7 nitrogen and oxygen atoms in total. The molecule has 27 heavy (non-hydrogen) atoms. The van der Waals surface area contributed by atoms with Crippen molar-refractivity contribution in [3.05, 3.63) is 58.1 Å². The van der Waals surface area contributed by atoms with Crippen LogP contribution in [-0.2, 0) is 6.54 Å². The van der Waals surface area contributed by atoms with Gasteiger partial charge in [-0.3, -0.25) is 15.0 Å². The Kier molecular flexibility index (Phi) is 5.81. The third-order valence-electron chi connectivity index (χ3n) is 4.98. The SMILES string of the molecule is COc1cc(NC2CN(Cc3ccccc3)CC2C)c([N+](=O)[O-])cc1OC. The quantitative estimate of drug-likeness (QED) is 0.592. The number of nitrogens with zero attached hydrogens (tertiary/aromatic N) is 2. The smallest absolute Gasteiger partial charge is 0.296 e. The maximum absolute atomic E-state index is 11.5. The molecule has 1 heterocycles. The van der Waals surface area contributed by atoms with Gasteiger partial charge in [0.15, 0.2) is 11.5 Å². The van der Waals surface area contributed by atoms with Crippen molar-refractivity contribution in [2.24, 2.45) is 5.92 Å². The molecule has 0 amide bonds. The highest BCUT2D eigenvalue weighted by atomic mass is 16.6. The summed E-state index contributed by atoms with van der Waals surface area (Å²) in [5.74, 6) is 1.18. The fraction of sp³-hybridized carbons (Fsp3) is 0.400. The topological polar surface area (TPSA) is 76.9 Å². The molecule has 0 radical (unpaired) electrons. The van der Waals surface area contributed by atoms with E-state index in [1.54, 1.807) is 6.07 Å². The van der Waals surface area contributed by atoms with Gasteiger partial charge in [0.05, 0.1) is 25.2 Å². The molecule has 1 saturated heterocycles. The first kappa shape index (κ1) is 19.0. The molecule has 7 heteroatoms. The number of methoxy groups -OCH3 is 2. The maximum Gasteiger partial charge on any atom is 0.296 e. The highest BCUT2D eigenvalue weighted by molar-refractivity contribution is 5.69. The second-order valence-electron chi connectivity index (χ2n) is 6.89. The Morgan fingerprint density at radius 3 is 2.44 bits per heavy atom. The summed E-state index contributed by atoms with van der Waals surface area (Å²) in [6.07, 6.45) is 0. The molecule has 144 valence electrons. The van der Waals surface area contributed by atoms with E-state index in [1.807, 2.05) is 18.2 Å². The lowest BCUT2D eigenvalue weighted by Gasteiger charge is -2.19. The molecule has 1 fully saturated rings. The summed E-state index contributed by atoms with van der Waals surface area (Å²) in [7, 11) is 2.99. The second-order valence-corrected chi connectivity index (χ2v) is 6.89. The van der Waals surface area contributed by atoms with Gasteiger partial charge in [-0.05, 0) is 11.5 Å². The zero-order valence-electron chi connectivity index (χ0n) is 15.8. The van der Waals surface area contributed by atoms with E-state index < -0.39 is 4.92 Å². The highest BCUT2D eigenvalue weighted by Crippen LogP contribution is 2.38. The van der Waals surface area contributed by atoms with Gasteiger partial charge in [0.1, 0.15) is 5.69 Å². The number of hydrogen-bond acceptors (Lipinski definition) is 6. The number of likely N-dealkylation sites (tertiary alicyclic amines) is 1. The van der Waals surface area contributed by atoms with Gasteiger partial charge in [0, 0.05) is 31.7 Å². The first-order valence-electron chi connectivity index (χ1n) is 8.95. The lowest BCUT2D eigenvalue weighted by atomic mass is 10.1. The summed E-state index contributed by atoms with van der Waals surface area (Å²) in [4.78, 5) is 13.5. The number of hydrogen-bond donors (Lipinski definition) is 1. The number of ether oxygens (including phenoxy) is 2. The van der Waals surface area contributed by atoms with Crippen LogP contribution in [0.4, 0.5) is 11.4 Å². The standard InChI is InChI=1S/C20H25N3O4/c1-14-11-22(12-15-7-5-4-6-8-15)13-17(14)21-16-9-19(26-2)20(27-3)10-18(16)23(24)25/h4-10,14,17,21H,11-13H2,1-3H3. The van der Waals surface area contributed by atoms with Crippen molar-refractivity contribution < 1.29 is 14.4 Å². The third kappa shape index (κ3) is 4.31. The Labute approximate surface area is 159 Å². The van der Waals surface area contributed by atoms with Crippen LogP contribution in [0.15, 0.2) is 42.5 Å². The van der Waals surface area contributed by atoms with Crippen molar-refractivity contribution >= 4 is 11.4 Å². The molecule has 0 saturated carbocycles. The molecule has 2 atom stereocenters. The summed E-state index contributed by atoms with van der Waals surface area (Å²) in [6, 6.07) is 13.5. The minimum absolute atomic E-state index is 0.0126. The molecule has 3 rings (SSSR count). The van der Waals surface area contributed by atoms with E-state index >= 15 is 0 Å². The van der Waals surface area contributed by atoms with Gasteiger partial charge >= 0.3 is 0 Å². The van der Waals surface area contributed by atoms with E-state index in [9.17, 15) is 10.1 Å². The average Bonchev–Trinajstić information content (AvgIpc) is 3.00. The highest BCUT2D eigenvalue weighted by Gasteiger charge is 2.31. The fourth-order valence-electron chi connectivity index (χ4n) is 3.56. The van der Waals surface area contributed by atoms with E-state index in [1.165, 1.54) is 25.8 Å². The van der Waals surface area contributed by atoms with Crippen LogP contribution in [0.1, 0.15) is 12.5 Å². The first-order chi connectivity index (χ1) is 13.0. The summed E-state index contributed by atoms with van der Waals surface area (Å²) in [6.45, 7) is 4.79. The van der Waals surface area contributed by atoms with Gasteiger partial charge in [0.25, 0.3) is 5.69 Å². The largest absolute Gasteiger partial charge is 0.493 e. The molecular weight excluding hydrogens is 346 g/mol. The molecule has 2 unspecified atom stereocenters. The number of nitro groups is 1. The van der Waals surface area contributed by atoms with Crippen LogP contribution >= 0.6 is 0 Å². The van der Waals surface area contributed by atoms with Gasteiger partial charge in [-0.2, -0.15) is 0 Å². The fourth-order valence-corrected chi connectivity index (χ4v) is 3.56. The number of benzene rings is 2. The van der Waals surface area contributed by atoms with Gasteiger partial charge in [-0.15, -0.1) is 0 Å². The van der Waals surface area contributed by atoms with E-state index in [4.69, 9.17) is 9.47 Å². The maximum atomic E-state index is 11.5. The molecule has 0 aliphatic carbocycles. The van der Waals surface area contributed by atoms with E-state index in [2.05, 4.69) is 29.3 Å². The predicted molar refractivity (Wildman–Crippen MR) is 104 cm³/mol. The van der Waals surface area contributed by atoms with Gasteiger partial charge in [-0.25, -0.2) is 0 Å². The van der Waals surface area contributed by atoms with Gasteiger partial charge < -0.3 is 14.8 Å². The van der Waals surface area contributed by atoms with E-state index in [-0.39, 0.29) is 11.7 Å². The molecule has 2 aromatic carbocycles. The number of nitrogens with one attached hydrogen (secondary N) is 1. The number of anilines is 1. The average molecular weight is 371 g/mol. The number of nitro benzene ring substituents is 1. The summed E-state index contributed by atoms with van der Waals surface area (Å²) in [5.41, 5.74) is 1.71. The molecule has 0 aromatic heterocycles. The molecule has 1 N–H and O–H groups in total. The molecule has 2 aromatic rings. The Morgan fingerprint density at radius 1 is 1.15 bits per heavy atom. The summed E-state index contributed by atoms with van der Waals surface area (Å²) < 4.78 is 10.5. The van der Waals surface area contributed by atoms with Crippen molar-refractivity contribution in [2.45, 2.75) is 19.5 Å². The van der Waals surface area contributed by atoms with Crippen LogP contribution in [0.5, 0.6) is 11.5 Å². The second kappa shape index (κ2) is 8.26. The summed E-state index contributed by atoms with van der Waals surface area (Å²) >= 11 is 0. The van der Waals surface area contributed by atoms with Crippen molar-refractivity contribution in [2.75, 3.05) is 32.6 Å². The molecular formula is C20H25N3O4. The molecule has 1 aliphatic rings. The zero-order chi connectivity index (χ0) is 19.4. The lowest BCUT2D eigenvalue weighted by Crippen LogP contribution is -2.28. The monoisotopic (exact) mass is 371 g/mol. The van der Waals surface area contributed by atoms with E-state index in [0.29, 0.717) is 23.1 Å². The minimum atomic E-state index is -0.397. The van der Waals surface area contributed by atoms with Gasteiger partial charge in [0.2, 0.25) is 0 Å². The van der Waals surface area contributed by atoms with Crippen LogP contribution in [0.2, 0.25) is 0 Å². The van der Waals surface area contributed by atoms with Crippen molar-refractivity contribution in [3.63, 3.8) is 0 Å². The summed E-state index contributed by atoms with van der Waals surface area (Å²) in [5, 5.41) is 14.9. The van der Waals surface area contributed by atoms with E-state index in [0.717, 1.165) is 19.6 Å². The van der Waals surface area contributed by atoms with Crippen LogP contribution < -0.4 is 14.8 Å². The Morgan fingerprint density at radius 2 is 1.81 bits per heavy atom. The Balaban J connectivity index is 1.77. The van der Waals surface area contributed by atoms with Crippen molar-refractivity contribution in [1.82, 2.24) is 4.90 Å². The van der Waals surface area contributed by atoms with Crippen LogP contribution in [0.3, 0.4) is 0 Å². The molecule has 0 spiro atoms. The van der Waals surface area contributed by atoms with Crippen LogP contribution in [0, 0.1) is 16.0 Å². The Hall–Kier alpha value is -2.80. The predicted octanol–water partition coefficient (Wildman–Crippen LogP) is 3.54. The lowest BCUT2D eigenvalue weighted by molar-refractivity contribution is -0.384. The first-order valence-corrected chi connectivity index (χ1v) is 8.95. The Bertz CT molecular complexity index is 797.